The Morgan fingerprint density at radius 1 is 0.844 bits per heavy atom. The Labute approximate surface area is 254 Å². The Hall–Kier alpha value is -6.22. The molecule has 2 aromatic heterocycles. The van der Waals surface area contributed by atoms with Gasteiger partial charge in [0, 0.05) is 31.7 Å². The van der Waals surface area contributed by atoms with Gasteiger partial charge in [-0.1, -0.05) is 30.3 Å². The largest absolute Gasteiger partial charge is 0.506 e. The summed E-state index contributed by atoms with van der Waals surface area (Å²) in [5.41, 5.74) is 1.16. The number of hydrogen-bond donors (Lipinski definition) is 5. The highest BCUT2D eigenvalue weighted by molar-refractivity contribution is 6.13. The van der Waals surface area contributed by atoms with Crippen molar-refractivity contribution in [2.24, 2.45) is 0 Å². The van der Waals surface area contributed by atoms with Crippen molar-refractivity contribution in [1.82, 2.24) is 19.9 Å². The highest BCUT2D eigenvalue weighted by Gasteiger charge is 2.23. The van der Waals surface area contributed by atoms with Gasteiger partial charge in [-0.2, -0.15) is 9.97 Å². The number of aliphatic hydroxyl groups excluding tert-OH is 1. The van der Waals surface area contributed by atoms with E-state index in [9.17, 15) is 29.4 Å². The molecule has 5 rings (SSSR count). The molecule has 45 heavy (non-hydrogen) atoms. The number of fused-ring (bicyclic) bond motifs is 2. The number of phenolic OH excluding ortho intramolecular Hbond substituents is 1. The lowest BCUT2D eigenvalue weighted by molar-refractivity contribution is -0.115. The first-order valence-corrected chi connectivity index (χ1v) is 13.4. The molecule has 15 heteroatoms. The normalized spacial score (nSPS) is 10.8. The van der Waals surface area contributed by atoms with Gasteiger partial charge < -0.3 is 25.6 Å². The second kappa shape index (κ2) is 12.6. The van der Waals surface area contributed by atoms with Crippen molar-refractivity contribution in [3.05, 3.63) is 72.1 Å². The Kier molecular flexibility index (Phi) is 8.44. The SMILES string of the molecule is CC(=O)Nc1nc(OC(=O)N(C)c2cccc3c(O)c(C(=O)Nc4ccccc4NC(C)=O)ccc23)c2nc(CO)cnc2n1. The number of anilines is 4. The maximum atomic E-state index is 13.4. The fraction of sp³-hybridized carbons (Fsp3) is 0.133. The zero-order valence-corrected chi connectivity index (χ0v) is 24.2. The van der Waals surface area contributed by atoms with Crippen LogP contribution >= 0.6 is 0 Å². The summed E-state index contributed by atoms with van der Waals surface area (Å²) in [6, 6.07) is 14.4. The molecule has 5 aromatic rings. The summed E-state index contributed by atoms with van der Waals surface area (Å²) in [7, 11) is 1.43. The van der Waals surface area contributed by atoms with Gasteiger partial charge in [-0.25, -0.2) is 14.8 Å². The number of amides is 4. The lowest BCUT2D eigenvalue weighted by Crippen LogP contribution is -2.30. The standard InChI is InChI=1S/C30H26N8O7/c1-15(40)32-21-8-4-5-9-22(21)35-27(43)20-12-11-18-19(25(20)42)7-6-10-23(18)38(3)30(44)45-28-24-26(31-13-17(14-39)34-24)36-29(37-28)33-16(2)41/h4-13,39,42H,14H2,1-3H3,(H,32,40)(H,35,43)(H,31,33,36,37,41). The maximum Gasteiger partial charge on any atom is 0.420 e. The first kappa shape index (κ1) is 30.2. The van der Waals surface area contributed by atoms with E-state index in [-0.39, 0.29) is 51.3 Å². The number of ether oxygens (including phenoxy) is 1. The van der Waals surface area contributed by atoms with Crippen LogP contribution in [-0.2, 0) is 16.2 Å². The van der Waals surface area contributed by atoms with Crippen LogP contribution in [0.2, 0.25) is 0 Å². The minimum atomic E-state index is -0.914. The predicted molar refractivity (Wildman–Crippen MR) is 164 cm³/mol. The zero-order valence-electron chi connectivity index (χ0n) is 24.2. The van der Waals surface area contributed by atoms with E-state index in [1.54, 1.807) is 48.5 Å². The second-order valence-corrected chi connectivity index (χ2v) is 9.67. The third kappa shape index (κ3) is 6.42. The van der Waals surface area contributed by atoms with Gasteiger partial charge in [-0.15, -0.1) is 0 Å². The number of aromatic hydroxyl groups is 1. The molecule has 0 bridgehead atoms. The first-order valence-electron chi connectivity index (χ1n) is 13.4. The van der Waals surface area contributed by atoms with Gasteiger partial charge in [-0.3, -0.25) is 24.6 Å². The fourth-order valence-corrected chi connectivity index (χ4v) is 4.41. The molecule has 0 spiro atoms. The van der Waals surface area contributed by atoms with Gasteiger partial charge in [0.25, 0.3) is 11.8 Å². The molecule has 4 amide bonds. The van der Waals surface area contributed by atoms with E-state index in [0.717, 1.165) is 4.90 Å². The smallest absolute Gasteiger partial charge is 0.420 e. The summed E-state index contributed by atoms with van der Waals surface area (Å²) < 4.78 is 5.56. The maximum absolute atomic E-state index is 13.4. The summed E-state index contributed by atoms with van der Waals surface area (Å²) in [5.74, 6) is -2.23. The molecule has 0 aliphatic heterocycles. The number of para-hydroxylation sites is 2. The van der Waals surface area contributed by atoms with E-state index in [4.69, 9.17) is 4.74 Å². The van der Waals surface area contributed by atoms with Gasteiger partial charge in [-0.05, 0) is 24.3 Å². The van der Waals surface area contributed by atoms with Crippen molar-refractivity contribution in [3.63, 3.8) is 0 Å². The molecular weight excluding hydrogens is 584 g/mol. The van der Waals surface area contributed by atoms with E-state index in [1.165, 1.54) is 33.2 Å². The highest BCUT2D eigenvalue weighted by atomic mass is 16.6. The summed E-state index contributed by atoms with van der Waals surface area (Å²) in [6.45, 7) is 2.16. The molecule has 15 nitrogen and oxygen atoms in total. The van der Waals surface area contributed by atoms with Crippen LogP contribution < -0.4 is 25.6 Å². The summed E-state index contributed by atoms with van der Waals surface area (Å²) in [6.07, 6.45) is 0.368. The quantitative estimate of drug-likeness (QED) is 0.180. The third-order valence-corrected chi connectivity index (χ3v) is 6.43. The average Bonchev–Trinajstić information content (AvgIpc) is 3.00. The van der Waals surface area contributed by atoms with Crippen molar-refractivity contribution in [2.45, 2.75) is 20.5 Å². The second-order valence-electron chi connectivity index (χ2n) is 9.67. The number of benzene rings is 3. The van der Waals surface area contributed by atoms with Gasteiger partial charge in [0.2, 0.25) is 17.8 Å². The van der Waals surface area contributed by atoms with E-state index < -0.39 is 24.5 Å². The van der Waals surface area contributed by atoms with Crippen LogP contribution in [0, 0.1) is 0 Å². The summed E-state index contributed by atoms with van der Waals surface area (Å²) in [4.78, 5) is 67.3. The van der Waals surface area contributed by atoms with Crippen molar-refractivity contribution >= 4 is 68.8 Å². The number of nitrogens with one attached hydrogen (secondary N) is 3. The molecule has 228 valence electrons. The number of rotatable bonds is 7. The van der Waals surface area contributed by atoms with E-state index in [2.05, 4.69) is 35.9 Å². The van der Waals surface area contributed by atoms with E-state index in [0.29, 0.717) is 22.4 Å². The highest BCUT2D eigenvalue weighted by Crippen LogP contribution is 2.35. The van der Waals surface area contributed by atoms with E-state index in [1.807, 2.05) is 0 Å². The Bertz CT molecular complexity index is 2000. The zero-order chi connectivity index (χ0) is 32.2. The number of carbonyl (C=O) groups excluding carboxylic acids is 4. The molecule has 3 aromatic carbocycles. The van der Waals surface area contributed by atoms with Crippen molar-refractivity contribution in [2.75, 3.05) is 27.9 Å². The summed E-state index contributed by atoms with van der Waals surface area (Å²) in [5, 5.41) is 29.0. The van der Waals surface area contributed by atoms with Crippen LogP contribution in [0.1, 0.15) is 29.9 Å². The van der Waals surface area contributed by atoms with E-state index >= 15 is 0 Å². The number of hydrogen-bond acceptors (Lipinski definition) is 11. The monoisotopic (exact) mass is 610 g/mol. The number of carbonyl (C=O) groups is 4. The molecule has 0 atom stereocenters. The van der Waals surface area contributed by atoms with Crippen LogP contribution in [0.4, 0.5) is 27.8 Å². The molecule has 0 aliphatic carbocycles. The van der Waals surface area contributed by atoms with Crippen LogP contribution in [0.15, 0.2) is 60.8 Å². The number of nitrogens with zero attached hydrogens (tertiary/aromatic N) is 5. The van der Waals surface area contributed by atoms with Gasteiger partial charge >= 0.3 is 6.09 Å². The average molecular weight is 611 g/mol. The molecule has 2 heterocycles. The van der Waals surface area contributed by atoms with Crippen LogP contribution in [0.25, 0.3) is 21.9 Å². The number of phenols is 1. The van der Waals surface area contributed by atoms with Crippen LogP contribution in [0.5, 0.6) is 11.6 Å². The molecule has 0 unspecified atom stereocenters. The molecule has 0 radical (unpaired) electrons. The van der Waals surface area contributed by atoms with Crippen molar-refractivity contribution < 1.29 is 34.1 Å². The van der Waals surface area contributed by atoms with Gasteiger partial charge in [0.1, 0.15) is 5.75 Å². The molecule has 0 aliphatic rings. The first-order chi connectivity index (χ1) is 21.5. The fourth-order valence-electron chi connectivity index (χ4n) is 4.41. The minimum Gasteiger partial charge on any atom is -0.506 e. The third-order valence-electron chi connectivity index (χ3n) is 6.43. The molecule has 0 saturated carbocycles. The lowest BCUT2D eigenvalue weighted by atomic mass is 10.0. The minimum absolute atomic E-state index is 0.0111. The summed E-state index contributed by atoms with van der Waals surface area (Å²) >= 11 is 0. The molecule has 0 fully saturated rings. The Balaban J connectivity index is 1.45. The lowest BCUT2D eigenvalue weighted by Gasteiger charge is -2.20. The Morgan fingerprint density at radius 3 is 2.24 bits per heavy atom. The van der Waals surface area contributed by atoms with Gasteiger partial charge in [0.05, 0.1) is 41.1 Å². The van der Waals surface area contributed by atoms with Crippen molar-refractivity contribution in [3.8, 4) is 11.6 Å². The van der Waals surface area contributed by atoms with Crippen molar-refractivity contribution in [1.29, 1.82) is 0 Å². The number of aliphatic hydroxyl groups is 1. The van der Waals surface area contributed by atoms with Crippen LogP contribution in [0.3, 0.4) is 0 Å². The van der Waals surface area contributed by atoms with Crippen LogP contribution in [-0.4, -0.2) is 61.0 Å². The Morgan fingerprint density at radius 2 is 1.56 bits per heavy atom. The van der Waals surface area contributed by atoms with Gasteiger partial charge in [0.15, 0.2) is 11.2 Å². The topological polar surface area (TPSA) is 209 Å². The molecule has 5 N–H and O–H groups in total. The number of aromatic nitrogens is 4. The molecular formula is C30H26N8O7. The molecule has 0 saturated heterocycles. The predicted octanol–water partition coefficient (Wildman–Crippen LogP) is 3.58.